The van der Waals surface area contributed by atoms with Crippen LogP contribution in [0.2, 0.25) is 0 Å². The lowest BCUT2D eigenvalue weighted by molar-refractivity contribution is -0.201. The summed E-state index contributed by atoms with van der Waals surface area (Å²) < 4.78 is 17.4. The zero-order valence-corrected chi connectivity index (χ0v) is 28.8. The van der Waals surface area contributed by atoms with E-state index in [-0.39, 0.29) is 56.1 Å². The van der Waals surface area contributed by atoms with Gasteiger partial charge < -0.3 is 23.9 Å². The second-order valence-corrected chi connectivity index (χ2v) is 14.5. The van der Waals surface area contributed by atoms with Crippen molar-refractivity contribution in [3.05, 3.63) is 0 Å². The van der Waals surface area contributed by atoms with Crippen LogP contribution in [0, 0.1) is 23.7 Å². The van der Waals surface area contributed by atoms with Crippen LogP contribution >= 0.6 is 0 Å². The van der Waals surface area contributed by atoms with Gasteiger partial charge in [-0.2, -0.15) is 0 Å². The van der Waals surface area contributed by atoms with Crippen molar-refractivity contribution in [3.8, 4) is 0 Å². The molecule has 4 amide bonds. The van der Waals surface area contributed by atoms with Crippen LogP contribution in [0.1, 0.15) is 118 Å². The number of hydroxylamine groups is 4. The zero-order valence-electron chi connectivity index (χ0n) is 28.8. The maximum atomic E-state index is 12.9. The van der Waals surface area contributed by atoms with Crippen molar-refractivity contribution < 1.29 is 62.2 Å². The van der Waals surface area contributed by atoms with Gasteiger partial charge in [-0.1, -0.05) is 0 Å². The van der Waals surface area contributed by atoms with E-state index in [0.29, 0.717) is 80.9 Å². The van der Waals surface area contributed by atoms with Gasteiger partial charge in [0.25, 0.3) is 23.6 Å². The summed E-state index contributed by atoms with van der Waals surface area (Å²) in [7, 11) is 0. The predicted molar refractivity (Wildman–Crippen MR) is 166 cm³/mol. The van der Waals surface area contributed by atoms with Crippen LogP contribution in [0.3, 0.4) is 0 Å². The third-order valence-electron chi connectivity index (χ3n) is 9.68. The van der Waals surface area contributed by atoms with Crippen molar-refractivity contribution in [2.75, 3.05) is 13.2 Å². The fraction of sp³-hybridized carbons (Fsp3) is 0.765. The first-order valence-electron chi connectivity index (χ1n) is 17.2. The number of ether oxygens (including phenoxy) is 3. The lowest BCUT2D eigenvalue weighted by Gasteiger charge is -2.32. The average Bonchev–Trinajstić information content (AvgIpc) is 3.54. The minimum atomic E-state index is -0.809. The number of esters is 2. The lowest BCUT2D eigenvalue weighted by Crippen LogP contribution is -2.38. The molecular weight excluding hydrogens is 644 g/mol. The Morgan fingerprint density at radius 3 is 1.29 bits per heavy atom. The highest BCUT2D eigenvalue weighted by atomic mass is 16.7. The van der Waals surface area contributed by atoms with Gasteiger partial charge in [-0.25, -0.2) is 9.59 Å². The normalized spacial score (nSPS) is 25.0. The Labute approximate surface area is 285 Å². The zero-order chi connectivity index (χ0) is 35.9. The lowest BCUT2D eigenvalue weighted by atomic mass is 9.82. The summed E-state index contributed by atoms with van der Waals surface area (Å²) in [6.45, 7) is 7.80. The van der Waals surface area contributed by atoms with Crippen molar-refractivity contribution in [1.82, 2.24) is 10.1 Å². The smallest absolute Gasteiger partial charge is 0.336 e. The molecule has 0 spiro atoms. The Bertz CT molecular complexity index is 1280. The van der Waals surface area contributed by atoms with Gasteiger partial charge in [0.05, 0.1) is 42.5 Å². The number of nitrogens with zero attached hydrogens (tertiary/aromatic N) is 2. The number of carbonyl (C=O) groups excluding carboxylic acids is 8. The highest BCUT2D eigenvalue weighted by molar-refractivity contribution is 6.02. The molecule has 272 valence electrons. The maximum absolute atomic E-state index is 12.9. The summed E-state index contributed by atoms with van der Waals surface area (Å²) in [4.78, 5) is 107. The number of rotatable bonds is 14. The number of hydrogen-bond donors (Lipinski definition) is 0. The van der Waals surface area contributed by atoms with Crippen LogP contribution in [-0.2, 0) is 62.2 Å². The largest absolute Gasteiger partial charge is 0.465 e. The van der Waals surface area contributed by atoms with Gasteiger partial charge in [-0.05, 0) is 79.1 Å². The van der Waals surface area contributed by atoms with E-state index in [1.807, 2.05) is 13.8 Å². The molecule has 15 heteroatoms. The van der Waals surface area contributed by atoms with E-state index in [1.165, 1.54) is 0 Å². The molecule has 2 saturated carbocycles. The van der Waals surface area contributed by atoms with Gasteiger partial charge >= 0.3 is 23.9 Å². The maximum Gasteiger partial charge on any atom is 0.336 e. The van der Waals surface area contributed by atoms with Gasteiger partial charge in [-0.15, -0.1) is 10.1 Å². The molecule has 4 aliphatic rings. The molecule has 2 heterocycles. The molecule has 0 radical (unpaired) electrons. The fourth-order valence-electron chi connectivity index (χ4n) is 6.34. The summed E-state index contributed by atoms with van der Waals surface area (Å²) in [5.41, 5.74) is -1.43. The number of carbonyl (C=O) groups is 8. The number of amides is 4. The van der Waals surface area contributed by atoms with Gasteiger partial charge in [0, 0.05) is 38.5 Å². The summed E-state index contributed by atoms with van der Waals surface area (Å²) in [6, 6.07) is 0. The van der Waals surface area contributed by atoms with Crippen LogP contribution in [-0.4, -0.2) is 82.0 Å². The number of imide groups is 2. The Morgan fingerprint density at radius 1 is 0.531 bits per heavy atom. The molecule has 15 nitrogen and oxygen atoms in total. The Hall–Kier alpha value is -3.88. The average molecular weight is 693 g/mol. The first-order chi connectivity index (χ1) is 23.0. The quantitative estimate of drug-likeness (QED) is 0.191. The molecule has 49 heavy (non-hydrogen) atoms. The molecule has 0 N–H and O–H groups in total. The minimum Gasteiger partial charge on any atom is -0.465 e. The topological polar surface area (TPSA) is 189 Å². The Kier molecular flexibility index (Phi) is 12.6. The van der Waals surface area contributed by atoms with E-state index < -0.39 is 58.6 Å². The van der Waals surface area contributed by atoms with Crippen LogP contribution in [0.15, 0.2) is 0 Å². The molecule has 2 saturated heterocycles. The van der Waals surface area contributed by atoms with Crippen LogP contribution in [0.4, 0.5) is 0 Å². The van der Waals surface area contributed by atoms with Crippen molar-refractivity contribution >= 4 is 47.5 Å². The van der Waals surface area contributed by atoms with Crippen LogP contribution < -0.4 is 0 Å². The van der Waals surface area contributed by atoms with Crippen molar-refractivity contribution in [2.24, 2.45) is 23.7 Å². The Balaban J connectivity index is 1.08. The molecule has 0 unspecified atom stereocenters. The molecule has 2 aliphatic carbocycles. The molecule has 0 aromatic carbocycles. The first-order valence-corrected chi connectivity index (χ1v) is 17.2. The molecular formula is C34H48N2O13. The first kappa shape index (κ1) is 37.9. The van der Waals surface area contributed by atoms with Gasteiger partial charge in [0.1, 0.15) is 5.60 Å². The van der Waals surface area contributed by atoms with E-state index in [9.17, 15) is 38.4 Å². The highest BCUT2D eigenvalue weighted by Crippen LogP contribution is 2.33. The van der Waals surface area contributed by atoms with Crippen molar-refractivity contribution in [1.29, 1.82) is 0 Å². The number of hydrogen-bond acceptors (Lipinski definition) is 13. The van der Waals surface area contributed by atoms with Crippen LogP contribution in [0.25, 0.3) is 0 Å². The van der Waals surface area contributed by atoms with E-state index in [4.69, 9.17) is 23.9 Å². The molecule has 2 aliphatic heterocycles. The standard InChI is InChI=1S/C34H48N2O13/c1-33(2,17-19-45-29(41)21-5-9-23(10-6-21)31(43)48-35-25(37)13-14-26(35)38)46-20-18-34(3,4)47-30(42)22-7-11-24(12-8-22)32(44)49-36-27(39)15-16-28(36)40/h21-24H,5-20H2,1-4H3. The monoisotopic (exact) mass is 692 g/mol. The molecule has 4 fully saturated rings. The van der Waals surface area contributed by atoms with Gasteiger partial charge in [0.2, 0.25) is 0 Å². The van der Waals surface area contributed by atoms with E-state index in [2.05, 4.69) is 0 Å². The molecule has 0 aromatic heterocycles. The summed E-state index contributed by atoms with van der Waals surface area (Å²) in [5.74, 6) is -5.78. The van der Waals surface area contributed by atoms with E-state index in [1.54, 1.807) is 13.8 Å². The molecule has 0 bridgehead atoms. The predicted octanol–water partition coefficient (Wildman–Crippen LogP) is 3.25. The third-order valence-corrected chi connectivity index (χ3v) is 9.68. The fourth-order valence-corrected chi connectivity index (χ4v) is 6.34. The highest BCUT2D eigenvalue weighted by Gasteiger charge is 2.39. The van der Waals surface area contributed by atoms with E-state index in [0.717, 1.165) is 0 Å². The van der Waals surface area contributed by atoms with E-state index >= 15 is 0 Å². The molecule has 4 rings (SSSR count). The molecule has 0 aromatic rings. The summed E-state index contributed by atoms with van der Waals surface area (Å²) in [6.07, 6.45) is 4.26. The molecule has 0 atom stereocenters. The minimum absolute atomic E-state index is 0.0291. The van der Waals surface area contributed by atoms with Crippen molar-refractivity contribution in [2.45, 2.75) is 129 Å². The summed E-state index contributed by atoms with van der Waals surface area (Å²) >= 11 is 0. The van der Waals surface area contributed by atoms with Crippen molar-refractivity contribution in [3.63, 3.8) is 0 Å². The van der Waals surface area contributed by atoms with Gasteiger partial charge in [-0.3, -0.25) is 28.8 Å². The second-order valence-electron chi connectivity index (χ2n) is 14.5. The third kappa shape index (κ3) is 10.6. The Morgan fingerprint density at radius 2 is 0.878 bits per heavy atom. The SMILES string of the molecule is CC(C)(CCOC(=O)C1CCC(C(=O)ON2C(=O)CCC2=O)CC1)OCCC(C)(C)OC(=O)C1CCC(C(=O)ON2C(=O)CCC2=O)CC1. The summed E-state index contributed by atoms with van der Waals surface area (Å²) in [5, 5.41) is 1.09. The van der Waals surface area contributed by atoms with Crippen LogP contribution in [0.5, 0.6) is 0 Å². The second kappa shape index (κ2) is 16.2. The van der Waals surface area contributed by atoms with Gasteiger partial charge in [0.15, 0.2) is 0 Å².